The molecule has 4 rings (SSSR count). The van der Waals surface area contributed by atoms with Crippen molar-refractivity contribution >= 4 is 22.9 Å². The van der Waals surface area contributed by atoms with E-state index < -0.39 is 0 Å². The van der Waals surface area contributed by atoms with E-state index in [0.29, 0.717) is 13.0 Å². The standard InChI is InChI=1S/C18H15N5OS/c24-18(16-2-1-11-25-16)20-9-5-14-12-17-21-15(6-10-23(17)22-14)13-3-7-19-8-4-13/h1-4,6-8,10-12H,5,9H2,(H,20,24). The van der Waals surface area contributed by atoms with Crippen molar-refractivity contribution in [2.24, 2.45) is 0 Å². The van der Waals surface area contributed by atoms with Crippen LogP contribution in [0.25, 0.3) is 16.9 Å². The molecule has 0 fully saturated rings. The van der Waals surface area contributed by atoms with Crippen LogP contribution in [0.1, 0.15) is 15.4 Å². The lowest BCUT2D eigenvalue weighted by atomic mass is 10.2. The molecule has 4 heterocycles. The highest BCUT2D eigenvalue weighted by atomic mass is 32.1. The largest absolute Gasteiger partial charge is 0.351 e. The van der Waals surface area contributed by atoms with Gasteiger partial charge < -0.3 is 5.32 Å². The Morgan fingerprint density at radius 1 is 1.20 bits per heavy atom. The van der Waals surface area contributed by atoms with E-state index >= 15 is 0 Å². The van der Waals surface area contributed by atoms with Crippen LogP contribution in [0.15, 0.2) is 60.4 Å². The zero-order valence-electron chi connectivity index (χ0n) is 13.3. The first-order valence-electron chi connectivity index (χ1n) is 7.87. The van der Waals surface area contributed by atoms with Crippen molar-refractivity contribution in [3.05, 3.63) is 70.9 Å². The predicted molar refractivity (Wildman–Crippen MR) is 96.6 cm³/mol. The van der Waals surface area contributed by atoms with Gasteiger partial charge in [0.1, 0.15) is 0 Å². The van der Waals surface area contributed by atoms with Gasteiger partial charge in [0.2, 0.25) is 0 Å². The second-order valence-corrected chi connectivity index (χ2v) is 6.42. The fraction of sp³-hybridized carbons (Fsp3) is 0.111. The summed E-state index contributed by atoms with van der Waals surface area (Å²) in [6, 6.07) is 11.4. The van der Waals surface area contributed by atoms with Gasteiger partial charge in [-0.3, -0.25) is 9.78 Å². The number of nitrogens with one attached hydrogen (secondary N) is 1. The molecule has 4 aromatic heterocycles. The van der Waals surface area contributed by atoms with Crippen molar-refractivity contribution in [2.45, 2.75) is 6.42 Å². The van der Waals surface area contributed by atoms with Crippen LogP contribution in [0.5, 0.6) is 0 Å². The number of nitrogens with zero attached hydrogens (tertiary/aromatic N) is 4. The fourth-order valence-corrected chi connectivity index (χ4v) is 3.17. The second kappa shape index (κ2) is 6.82. The van der Waals surface area contributed by atoms with Gasteiger partial charge in [-0.25, -0.2) is 9.50 Å². The summed E-state index contributed by atoms with van der Waals surface area (Å²) in [5, 5.41) is 9.30. The highest BCUT2D eigenvalue weighted by molar-refractivity contribution is 7.12. The molecule has 1 N–H and O–H groups in total. The van der Waals surface area contributed by atoms with Crippen molar-refractivity contribution in [3.63, 3.8) is 0 Å². The maximum absolute atomic E-state index is 11.9. The summed E-state index contributed by atoms with van der Waals surface area (Å²) >= 11 is 1.43. The summed E-state index contributed by atoms with van der Waals surface area (Å²) in [5.74, 6) is -0.0446. The zero-order valence-corrected chi connectivity index (χ0v) is 14.1. The van der Waals surface area contributed by atoms with Gasteiger partial charge in [-0.15, -0.1) is 11.3 Å². The molecule has 0 aromatic carbocycles. The van der Waals surface area contributed by atoms with E-state index in [1.807, 2.05) is 48.0 Å². The normalized spacial score (nSPS) is 10.9. The summed E-state index contributed by atoms with van der Waals surface area (Å²) in [6.07, 6.45) is 6.05. The molecule has 25 heavy (non-hydrogen) atoms. The highest BCUT2D eigenvalue weighted by Crippen LogP contribution is 2.17. The van der Waals surface area contributed by atoms with Crippen molar-refractivity contribution in [3.8, 4) is 11.3 Å². The Balaban J connectivity index is 1.45. The Kier molecular flexibility index (Phi) is 4.22. The molecule has 7 heteroatoms. The summed E-state index contributed by atoms with van der Waals surface area (Å²) in [4.78, 5) is 21.3. The maximum atomic E-state index is 11.9. The van der Waals surface area contributed by atoms with E-state index in [-0.39, 0.29) is 5.91 Å². The average Bonchev–Trinajstić information content (AvgIpc) is 3.31. The first-order chi connectivity index (χ1) is 12.3. The summed E-state index contributed by atoms with van der Waals surface area (Å²) in [6.45, 7) is 0.540. The Morgan fingerprint density at radius 2 is 2.08 bits per heavy atom. The summed E-state index contributed by atoms with van der Waals surface area (Å²) in [7, 11) is 0. The lowest BCUT2D eigenvalue weighted by Crippen LogP contribution is -2.24. The Labute approximate surface area is 148 Å². The molecule has 0 atom stereocenters. The molecule has 0 saturated heterocycles. The molecular formula is C18H15N5OS. The van der Waals surface area contributed by atoms with E-state index in [9.17, 15) is 4.79 Å². The number of carbonyl (C=O) groups excluding carboxylic acids is 1. The Hall–Kier alpha value is -3.06. The van der Waals surface area contributed by atoms with Gasteiger partial charge in [0.05, 0.1) is 16.3 Å². The third-order valence-corrected chi connectivity index (χ3v) is 4.63. The predicted octanol–water partition coefficient (Wildman–Crippen LogP) is 2.83. The molecule has 6 nitrogen and oxygen atoms in total. The van der Waals surface area contributed by atoms with Crippen LogP contribution in [-0.4, -0.2) is 32.0 Å². The summed E-state index contributed by atoms with van der Waals surface area (Å²) in [5.41, 5.74) is 3.58. The topological polar surface area (TPSA) is 72.2 Å². The van der Waals surface area contributed by atoms with Gasteiger partial charge in [0, 0.05) is 43.2 Å². The Bertz CT molecular complexity index is 995. The van der Waals surface area contributed by atoms with Crippen LogP contribution in [0, 0.1) is 0 Å². The molecule has 0 radical (unpaired) electrons. The number of hydrogen-bond donors (Lipinski definition) is 1. The molecule has 0 aliphatic heterocycles. The van der Waals surface area contributed by atoms with Crippen molar-refractivity contribution in [1.29, 1.82) is 0 Å². The zero-order chi connectivity index (χ0) is 17.1. The van der Waals surface area contributed by atoms with E-state index in [4.69, 9.17) is 0 Å². The molecule has 0 saturated carbocycles. The number of thiophene rings is 1. The van der Waals surface area contributed by atoms with Gasteiger partial charge >= 0.3 is 0 Å². The number of hydrogen-bond acceptors (Lipinski definition) is 5. The molecule has 0 bridgehead atoms. The fourth-order valence-electron chi connectivity index (χ4n) is 2.53. The second-order valence-electron chi connectivity index (χ2n) is 5.47. The number of carbonyl (C=O) groups is 1. The molecular weight excluding hydrogens is 334 g/mol. The molecule has 0 aliphatic rings. The van der Waals surface area contributed by atoms with Crippen LogP contribution in [0.4, 0.5) is 0 Å². The number of rotatable bonds is 5. The first-order valence-corrected chi connectivity index (χ1v) is 8.75. The third-order valence-electron chi connectivity index (χ3n) is 3.76. The molecule has 4 aromatic rings. The molecule has 0 spiro atoms. The van der Waals surface area contributed by atoms with Gasteiger partial charge in [-0.1, -0.05) is 6.07 Å². The van der Waals surface area contributed by atoms with Gasteiger partial charge in [0.15, 0.2) is 5.65 Å². The van der Waals surface area contributed by atoms with E-state index in [0.717, 1.165) is 27.5 Å². The number of amides is 1. The number of fused-ring (bicyclic) bond motifs is 1. The summed E-state index contributed by atoms with van der Waals surface area (Å²) < 4.78 is 1.75. The van der Waals surface area contributed by atoms with Crippen LogP contribution >= 0.6 is 11.3 Å². The van der Waals surface area contributed by atoms with E-state index in [1.165, 1.54) is 11.3 Å². The molecule has 0 aliphatic carbocycles. The van der Waals surface area contributed by atoms with E-state index in [2.05, 4.69) is 20.4 Å². The minimum atomic E-state index is -0.0446. The number of aromatic nitrogens is 4. The monoisotopic (exact) mass is 349 g/mol. The smallest absolute Gasteiger partial charge is 0.261 e. The van der Waals surface area contributed by atoms with Crippen LogP contribution in [-0.2, 0) is 6.42 Å². The lowest BCUT2D eigenvalue weighted by Gasteiger charge is -2.01. The van der Waals surface area contributed by atoms with Crippen molar-refractivity contribution < 1.29 is 4.79 Å². The minimum Gasteiger partial charge on any atom is -0.351 e. The van der Waals surface area contributed by atoms with Crippen LogP contribution in [0.3, 0.4) is 0 Å². The van der Waals surface area contributed by atoms with Crippen LogP contribution < -0.4 is 5.32 Å². The minimum absolute atomic E-state index is 0.0446. The highest BCUT2D eigenvalue weighted by Gasteiger charge is 2.08. The maximum Gasteiger partial charge on any atom is 0.261 e. The van der Waals surface area contributed by atoms with Crippen LogP contribution in [0.2, 0.25) is 0 Å². The Morgan fingerprint density at radius 3 is 2.88 bits per heavy atom. The quantitative estimate of drug-likeness (QED) is 0.601. The van der Waals surface area contributed by atoms with Crippen molar-refractivity contribution in [2.75, 3.05) is 6.54 Å². The SMILES string of the molecule is O=C(NCCc1cc2nc(-c3ccncc3)ccn2n1)c1cccs1. The first kappa shape index (κ1) is 15.5. The molecule has 0 unspecified atom stereocenters. The number of pyridine rings is 1. The van der Waals surface area contributed by atoms with Gasteiger partial charge in [0.25, 0.3) is 5.91 Å². The van der Waals surface area contributed by atoms with Gasteiger partial charge in [-0.05, 0) is 29.6 Å². The third kappa shape index (κ3) is 3.41. The molecule has 124 valence electrons. The van der Waals surface area contributed by atoms with Gasteiger partial charge in [-0.2, -0.15) is 5.10 Å². The van der Waals surface area contributed by atoms with Crippen molar-refractivity contribution in [1.82, 2.24) is 24.9 Å². The average molecular weight is 349 g/mol. The molecule has 1 amide bonds. The van der Waals surface area contributed by atoms with E-state index in [1.54, 1.807) is 16.9 Å². The lowest BCUT2D eigenvalue weighted by molar-refractivity contribution is 0.0958.